The molecule has 1 unspecified atom stereocenters. The maximum atomic E-state index is 12.2. The third-order valence-corrected chi connectivity index (χ3v) is 4.45. The second kappa shape index (κ2) is 6.29. The number of carbonyl (C=O) groups excluding carboxylic acids is 1. The quantitative estimate of drug-likeness (QED) is 0.909. The number of fused-ring (bicyclic) bond motifs is 1. The summed E-state index contributed by atoms with van der Waals surface area (Å²) in [5.74, 6) is -0.00407. The van der Waals surface area contributed by atoms with Crippen LogP contribution in [0.5, 0.6) is 0 Å². The van der Waals surface area contributed by atoms with Crippen molar-refractivity contribution in [3.8, 4) is 0 Å². The Bertz CT molecular complexity index is 598. The van der Waals surface area contributed by atoms with E-state index in [0.717, 1.165) is 24.2 Å². The summed E-state index contributed by atoms with van der Waals surface area (Å²) in [6, 6.07) is 9.97. The Morgan fingerprint density at radius 1 is 1.40 bits per heavy atom. The average Bonchev–Trinajstić information content (AvgIpc) is 3.09. The van der Waals surface area contributed by atoms with E-state index in [1.165, 1.54) is 10.4 Å². The monoisotopic (exact) mass is 308 g/mol. The first-order chi connectivity index (χ1) is 9.24. The van der Waals surface area contributed by atoms with Gasteiger partial charge in [0.25, 0.3) is 5.91 Å². The molecular weight excluding hydrogens is 292 g/mol. The second-order valence-electron chi connectivity index (χ2n) is 4.76. The van der Waals surface area contributed by atoms with E-state index in [4.69, 9.17) is 0 Å². The third-order valence-electron chi connectivity index (χ3n) is 3.39. The molecule has 0 fully saturated rings. The maximum Gasteiger partial charge on any atom is 0.251 e. The Balaban J connectivity index is 0.00000147. The molecule has 2 heterocycles. The lowest BCUT2D eigenvalue weighted by Gasteiger charge is -2.12. The van der Waals surface area contributed by atoms with Crippen LogP contribution >= 0.6 is 23.7 Å². The van der Waals surface area contributed by atoms with E-state index in [1.807, 2.05) is 42.6 Å². The normalized spacial score (nSPS) is 13.8. The second-order valence-corrected chi connectivity index (χ2v) is 5.74. The summed E-state index contributed by atoms with van der Waals surface area (Å²) in [5, 5.41) is 8.37. The summed E-state index contributed by atoms with van der Waals surface area (Å²) >= 11 is 1.66. The summed E-state index contributed by atoms with van der Waals surface area (Å²) in [4.78, 5) is 13.4. The van der Waals surface area contributed by atoms with Crippen molar-refractivity contribution in [2.75, 3.05) is 11.9 Å². The number of nitrogens with one attached hydrogen (secondary N) is 2. The van der Waals surface area contributed by atoms with Gasteiger partial charge in [0.1, 0.15) is 0 Å². The van der Waals surface area contributed by atoms with Gasteiger partial charge in [-0.1, -0.05) is 6.07 Å². The summed E-state index contributed by atoms with van der Waals surface area (Å²) < 4.78 is 0. The largest absolute Gasteiger partial charge is 0.384 e. The van der Waals surface area contributed by atoms with Gasteiger partial charge in [-0.25, -0.2) is 0 Å². The number of thiophene rings is 1. The number of benzene rings is 1. The van der Waals surface area contributed by atoms with Crippen molar-refractivity contribution >= 4 is 35.3 Å². The number of anilines is 1. The van der Waals surface area contributed by atoms with Crippen molar-refractivity contribution in [2.24, 2.45) is 0 Å². The topological polar surface area (TPSA) is 41.1 Å². The Kier molecular flexibility index (Phi) is 4.68. The molecule has 0 radical (unpaired) electrons. The van der Waals surface area contributed by atoms with Crippen LogP contribution < -0.4 is 10.6 Å². The Morgan fingerprint density at radius 2 is 2.25 bits per heavy atom. The highest BCUT2D eigenvalue weighted by molar-refractivity contribution is 7.10. The lowest BCUT2D eigenvalue weighted by Crippen LogP contribution is -2.26. The zero-order valence-electron chi connectivity index (χ0n) is 11.2. The van der Waals surface area contributed by atoms with E-state index >= 15 is 0 Å². The number of hydrogen-bond donors (Lipinski definition) is 2. The first kappa shape index (κ1) is 14.9. The van der Waals surface area contributed by atoms with E-state index in [9.17, 15) is 4.79 Å². The zero-order valence-corrected chi connectivity index (χ0v) is 12.8. The molecule has 3 rings (SSSR count). The molecule has 3 nitrogen and oxygen atoms in total. The van der Waals surface area contributed by atoms with E-state index in [1.54, 1.807) is 11.3 Å². The van der Waals surface area contributed by atoms with Crippen LogP contribution in [0.2, 0.25) is 0 Å². The Morgan fingerprint density at radius 3 is 3.00 bits per heavy atom. The first-order valence-electron chi connectivity index (χ1n) is 6.45. The molecule has 5 heteroatoms. The molecule has 1 aromatic heterocycles. The molecule has 1 aromatic carbocycles. The number of halogens is 1. The van der Waals surface area contributed by atoms with E-state index in [-0.39, 0.29) is 24.4 Å². The molecule has 0 saturated heterocycles. The molecule has 0 spiro atoms. The minimum atomic E-state index is -0.00407. The third kappa shape index (κ3) is 2.97. The Labute approximate surface area is 128 Å². The van der Waals surface area contributed by atoms with Crippen molar-refractivity contribution in [2.45, 2.75) is 19.4 Å². The van der Waals surface area contributed by atoms with Gasteiger partial charge in [-0.05, 0) is 48.6 Å². The van der Waals surface area contributed by atoms with Crippen molar-refractivity contribution in [3.05, 3.63) is 51.7 Å². The summed E-state index contributed by atoms with van der Waals surface area (Å²) in [7, 11) is 0. The lowest BCUT2D eigenvalue weighted by molar-refractivity contribution is 0.0940. The van der Waals surface area contributed by atoms with Crippen LogP contribution in [0.15, 0.2) is 35.7 Å². The van der Waals surface area contributed by atoms with Crippen LogP contribution in [-0.2, 0) is 6.42 Å². The highest BCUT2D eigenvalue weighted by atomic mass is 35.5. The highest BCUT2D eigenvalue weighted by Crippen LogP contribution is 2.24. The predicted octanol–water partition coefficient (Wildman–Crippen LogP) is 3.63. The van der Waals surface area contributed by atoms with Crippen molar-refractivity contribution in [3.63, 3.8) is 0 Å². The average molecular weight is 309 g/mol. The van der Waals surface area contributed by atoms with Crippen molar-refractivity contribution < 1.29 is 4.79 Å². The first-order valence-corrected chi connectivity index (χ1v) is 7.33. The fraction of sp³-hybridized carbons (Fsp3) is 0.267. The van der Waals surface area contributed by atoms with Crippen LogP contribution in [0.4, 0.5) is 5.69 Å². The molecule has 1 aliphatic heterocycles. The minimum Gasteiger partial charge on any atom is -0.384 e. The van der Waals surface area contributed by atoms with Gasteiger partial charge < -0.3 is 10.6 Å². The molecule has 2 aromatic rings. The van der Waals surface area contributed by atoms with Gasteiger partial charge in [-0.2, -0.15) is 0 Å². The molecule has 0 saturated carbocycles. The zero-order chi connectivity index (χ0) is 13.2. The van der Waals surface area contributed by atoms with Crippen LogP contribution in [0.3, 0.4) is 0 Å². The van der Waals surface area contributed by atoms with Crippen LogP contribution in [0, 0.1) is 0 Å². The van der Waals surface area contributed by atoms with Gasteiger partial charge in [0.05, 0.1) is 6.04 Å². The molecular formula is C15H17ClN2OS. The van der Waals surface area contributed by atoms with E-state index < -0.39 is 0 Å². The molecule has 2 N–H and O–H groups in total. The SMILES string of the molecule is CC(NC(=O)c1ccc2c(c1)CCN2)c1cccs1.Cl. The number of rotatable bonds is 3. The molecule has 0 aliphatic carbocycles. The standard InChI is InChI=1S/C15H16N2OS.ClH/c1-10(14-3-2-8-19-14)17-15(18)12-4-5-13-11(9-12)6-7-16-13;/h2-5,8-10,16H,6-7H2,1H3,(H,17,18);1H. The molecule has 20 heavy (non-hydrogen) atoms. The smallest absolute Gasteiger partial charge is 0.251 e. The fourth-order valence-corrected chi connectivity index (χ4v) is 3.07. The van der Waals surface area contributed by atoms with Gasteiger partial charge in [-0.15, -0.1) is 23.7 Å². The molecule has 1 atom stereocenters. The van der Waals surface area contributed by atoms with Crippen molar-refractivity contribution in [1.82, 2.24) is 5.32 Å². The predicted molar refractivity (Wildman–Crippen MR) is 86.1 cm³/mol. The van der Waals surface area contributed by atoms with E-state index in [2.05, 4.69) is 10.6 Å². The fourth-order valence-electron chi connectivity index (χ4n) is 2.33. The maximum absolute atomic E-state index is 12.2. The van der Waals surface area contributed by atoms with Gasteiger partial charge >= 0.3 is 0 Å². The van der Waals surface area contributed by atoms with Crippen LogP contribution in [-0.4, -0.2) is 12.5 Å². The van der Waals surface area contributed by atoms with Crippen molar-refractivity contribution in [1.29, 1.82) is 0 Å². The minimum absolute atomic E-state index is 0. The molecule has 1 amide bonds. The Hall–Kier alpha value is -1.52. The van der Waals surface area contributed by atoms with Crippen LogP contribution in [0.1, 0.15) is 33.8 Å². The lowest BCUT2D eigenvalue weighted by atomic mass is 10.1. The molecule has 106 valence electrons. The molecule has 0 bridgehead atoms. The van der Waals surface area contributed by atoms with Gasteiger partial charge in [-0.3, -0.25) is 4.79 Å². The van der Waals surface area contributed by atoms with Gasteiger partial charge in [0, 0.05) is 22.7 Å². The summed E-state index contributed by atoms with van der Waals surface area (Å²) in [6.07, 6.45) is 0.997. The van der Waals surface area contributed by atoms with Crippen LogP contribution in [0.25, 0.3) is 0 Å². The number of amides is 1. The number of hydrogen-bond acceptors (Lipinski definition) is 3. The van der Waals surface area contributed by atoms with E-state index in [0.29, 0.717) is 0 Å². The van der Waals surface area contributed by atoms with Gasteiger partial charge in [0.15, 0.2) is 0 Å². The highest BCUT2D eigenvalue weighted by Gasteiger charge is 2.15. The summed E-state index contributed by atoms with van der Waals surface area (Å²) in [6.45, 7) is 2.98. The number of carbonyl (C=O) groups is 1. The van der Waals surface area contributed by atoms with Gasteiger partial charge in [0.2, 0.25) is 0 Å². The molecule has 1 aliphatic rings. The summed E-state index contributed by atoms with van der Waals surface area (Å²) in [5.41, 5.74) is 3.13.